The van der Waals surface area contributed by atoms with Crippen LogP contribution in [0.1, 0.15) is 0 Å². The Bertz CT molecular complexity index is 68.7. The maximum absolute atomic E-state index is 5.13. The third-order valence-corrected chi connectivity index (χ3v) is 1.42. The van der Waals surface area contributed by atoms with Crippen LogP contribution in [0.25, 0.3) is 0 Å². The molecule has 0 spiro atoms. The highest BCUT2D eigenvalue weighted by Gasteiger charge is 2.11. The van der Waals surface area contributed by atoms with Gasteiger partial charge >= 0.3 is 0 Å². The summed E-state index contributed by atoms with van der Waals surface area (Å²) in [4.78, 5) is 0. The van der Waals surface area contributed by atoms with Crippen LogP contribution in [0.2, 0.25) is 0 Å². The second-order valence-electron chi connectivity index (χ2n) is 2.33. The van der Waals surface area contributed by atoms with Gasteiger partial charge in [-0.25, -0.2) is 5.32 Å². The Balaban J connectivity index is 2.08. The predicted octanol–water partition coefficient (Wildman–Crippen LogP) is -0.586. The third-order valence-electron chi connectivity index (χ3n) is 1.42. The highest BCUT2D eigenvalue weighted by Crippen LogP contribution is 1.98. The molecule has 0 aromatic heterocycles. The van der Waals surface area contributed by atoms with Gasteiger partial charge in [0.25, 0.3) is 0 Å². The van der Waals surface area contributed by atoms with Gasteiger partial charge in [0.1, 0.15) is 6.73 Å². The van der Waals surface area contributed by atoms with Crippen molar-refractivity contribution in [2.75, 3.05) is 33.5 Å². The zero-order valence-corrected chi connectivity index (χ0v) is 5.76. The summed E-state index contributed by atoms with van der Waals surface area (Å²) in [6.45, 7) is 3.44. The highest BCUT2D eigenvalue weighted by atomic mass is 16.5. The Labute approximate surface area is 55.8 Å². The topological polar surface area (TPSA) is 35.4 Å². The standard InChI is InChI=1S/C6H13N2O/c1-7-2-6-3-8-5-9-4-6/h6-7H,2-5H2,1H3. The Morgan fingerprint density at radius 2 is 2.67 bits per heavy atom. The van der Waals surface area contributed by atoms with E-state index < -0.39 is 0 Å². The molecule has 0 bridgehead atoms. The van der Waals surface area contributed by atoms with Crippen LogP contribution >= 0.6 is 0 Å². The van der Waals surface area contributed by atoms with E-state index in [2.05, 4.69) is 10.6 Å². The molecule has 1 N–H and O–H groups in total. The fourth-order valence-electron chi connectivity index (χ4n) is 0.984. The lowest BCUT2D eigenvalue weighted by Crippen LogP contribution is -2.35. The zero-order valence-electron chi connectivity index (χ0n) is 5.76. The first-order chi connectivity index (χ1) is 4.43. The minimum absolute atomic E-state index is 0.597. The van der Waals surface area contributed by atoms with E-state index in [9.17, 15) is 0 Å². The van der Waals surface area contributed by atoms with Crippen molar-refractivity contribution >= 4 is 0 Å². The van der Waals surface area contributed by atoms with Crippen LogP contribution in [-0.4, -0.2) is 33.5 Å². The molecule has 53 valence electrons. The Hall–Kier alpha value is -0.120. The maximum Gasteiger partial charge on any atom is 0.112 e. The average Bonchev–Trinajstić information content (AvgIpc) is 1.91. The van der Waals surface area contributed by atoms with Crippen LogP contribution in [0.15, 0.2) is 0 Å². The summed E-state index contributed by atoms with van der Waals surface area (Å²) in [5.74, 6) is 0.601. The summed E-state index contributed by atoms with van der Waals surface area (Å²) in [6.07, 6.45) is 0. The number of hydrogen-bond acceptors (Lipinski definition) is 2. The highest BCUT2D eigenvalue weighted by molar-refractivity contribution is 4.65. The molecule has 0 saturated carbocycles. The molecule has 9 heavy (non-hydrogen) atoms. The van der Waals surface area contributed by atoms with Crippen LogP contribution in [0, 0.1) is 5.92 Å². The third kappa shape index (κ3) is 2.30. The molecule has 1 unspecified atom stereocenters. The molecule has 0 amide bonds. The van der Waals surface area contributed by atoms with Gasteiger partial charge in [0, 0.05) is 19.0 Å². The minimum Gasteiger partial charge on any atom is -0.364 e. The van der Waals surface area contributed by atoms with Crippen LogP contribution < -0.4 is 10.6 Å². The molecule has 1 radical (unpaired) electrons. The second-order valence-corrected chi connectivity index (χ2v) is 2.33. The first-order valence-corrected chi connectivity index (χ1v) is 3.29. The lowest BCUT2D eigenvalue weighted by atomic mass is 10.1. The van der Waals surface area contributed by atoms with Crippen molar-refractivity contribution in [3.63, 3.8) is 0 Å². The van der Waals surface area contributed by atoms with E-state index >= 15 is 0 Å². The Morgan fingerprint density at radius 3 is 3.22 bits per heavy atom. The monoisotopic (exact) mass is 129 g/mol. The van der Waals surface area contributed by atoms with Gasteiger partial charge in [0.15, 0.2) is 0 Å². The van der Waals surface area contributed by atoms with Crippen molar-refractivity contribution in [2.45, 2.75) is 0 Å². The van der Waals surface area contributed by atoms with Gasteiger partial charge in [-0.3, -0.25) is 0 Å². The second kappa shape index (κ2) is 3.82. The smallest absolute Gasteiger partial charge is 0.112 e. The van der Waals surface area contributed by atoms with Crippen molar-refractivity contribution < 1.29 is 4.74 Å². The van der Waals surface area contributed by atoms with Crippen molar-refractivity contribution in [3.8, 4) is 0 Å². The molecular weight excluding hydrogens is 116 g/mol. The van der Waals surface area contributed by atoms with Crippen LogP contribution in [0.5, 0.6) is 0 Å². The quantitative estimate of drug-likeness (QED) is 0.541. The molecule has 0 aromatic rings. The number of hydrogen-bond donors (Lipinski definition) is 1. The molecular formula is C6H13N2O. The SMILES string of the molecule is CNCC1C[N]COC1. The molecule has 1 saturated heterocycles. The number of nitrogens with zero attached hydrogens (tertiary/aromatic N) is 1. The number of ether oxygens (including phenoxy) is 1. The summed E-state index contributed by atoms with van der Waals surface area (Å²) < 4.78 is 5.13. The van der Waals surface area contributed by atoms with E-state index in [4.69, 9.17) is 4.74 Å². The molecule has 0 aromatic carbocycles. The minimum atomic E-state index is 0.597. The molecule has 1 aliphatic rings. The summed E-state index contributed by atoms with van der Waals surface area (Å²) in [5.41, 5.74) is 0. The van der Waals surface area contributed by atoms with E-state index in [1.54, 1.807) is 0 Å². The molecule has 3 nitrogen and oxygen atoms in total. The number of rotatable bonds is 2. The molecule has 1 aliphatic heterocycles. The Kier molecular flexibility index (Phi) is 2.97. The molecule has 3 heteroatoms. The van der Waals surface area contributed by atoms with Gasteiger partial charge in [-0.05, 0) is 7.05 Å². The largest absolute Gasteiger partial charge is 0.364 e. The molecule has 1 atom stereocenters. The first-order valence-electron chi connectivity index (χ1n) is 3.29. The van der Waals surface area contributed by atoms with Gasteiger partial charge in [0.05, 0.1) is 6.61 Å². The van der Waals surface area contributed by atoms with Gasteiger partial charge in [-0.1, -0.05) is 0 Å². The first kappa shape index (κ1) is 6.99. The van der Waals surface area contributed by atoms with Crippen molar-refractivity contribution in [2.24, 2.45) is 5.92 Å². The predicted molar refractivity (Wildman–Crippen MR) is 35.2 cm³/mol. The zero-order chi connectivity index (χ0) is 6.53. The molecule has 1 fully saturated rings. The van der Waals surface area contributed by atoms with Gasteiger partial charge in [-0.15, -0.1) is 0 Å². The summed E-state index contributed by atoms with van der Waals surface area (Å²) in [6, 6.07) is 0. The van der Waals surface area contributed by atoms with Gasteiger partial charge in [-0.2, -0.15) is 0 Å². The molecule has 1 heterocycles. The molecule has 1 rings (SSSR count). The van der Waals surface area contributed by atoms with E-state index in [1.807, 2.05) is 7.05 Å². The Morgan fingerprint density at radius 1 is 1.78 bits per heavy atom. The van der Waals surface area contributed by atoms with Crippen molar-refractivity contribution in [1.29, 1.82) is 0 Å². The lowest BCUT2D eigenvalue weighted by Gasteiger charge is -2.20. The van der Waals surface area contributed by atoms with Crippen LogP contribution in [-0.2, 0) is 4.74 Å². The normalized spacial score (nSPS) is 28.3. The van der Waals surface area contributed by atoms with Crippen LogP contribution in [0.3, 0.4) is 0 Å². The van der Waals surface area contributed by atoms with Crippen molar-refractivity contribution in [1.82, 2.24) is 10.6 Å². The summed E-state index contributed by atoms with van der Waals surface area (Å²) >= 11 is 0. The average molecular weight is 129 g/mol. The van der Waals surface area contributed by atoms with E-state index in [0.29, 0.717) is 12.6 Å². The molecule has 0 aliphatic carbocycles. The number of nitrogens with one attached hydrogen (secondary N) is 1. The maximum atomic E-state index is 5.13. The summed E-state index contributed by atoms with van der Waals surface area (Å²) in [7, 11) is 1.95. The fourth-order valence-corrected chi connectivity index (χ4v) is 0.984. The fraction of sp³-hybridized carbons (Fsp3) is 1.00. The van der Waals surface area contributed by atoms with E-state index in [0.717, 1.165) is 19.7 Å². The lowest BCUT2D eigenvalue weighted by molar-refractivity contribution is 0.0439. The van der Waals surface area contributed by atoms with Crippen LogP contribution in [0.4, 0.5) is 0 Å². The summed E-state index contributed by atoms with van der Waals surface area (Å²) in [5, 5.41) is 7.21. The van der Waals surface area contributed by atoms with E-state index in [-0.39, 0.29) is 0 Å². The van der Waals surface area contributed by atoms with E-state index in [1.165, 1.54) is 0 Å². The van der Waals surface area contributed by atoms with Crippen molar-refractivity contribution in [3.05, 3.63) is 0 Å². The van der Waals surface area contributed by atoms with Gasteiger partial charge < -0.3 is 10.1 Å². The van der Waals surface area contributed by atoms with Gasteiger partial charge in [0.2, 0.25) is 0 Å².